The summed E-state index contributed by atoms with van der Waals surface area (Å²) in [6.45, 7) is 1.51. The van der Waals surface area contributed by atoms with E-state index in [1.807, 2.05) is 0 Å². The van der Waals surface area contributed by atoms with Gasteiger partial charge in [-0.3, -0.25) is 0 Å². The van der Waals surface area contributed by atoms with Crippen LogP contribution in [0.3, 0.4) is 0 Å². The molecule has 1 N–H and O–H groups in total. The molecule has 0 aromatic carbocycles. The van der Waals surface area contributed by atoms with E-state index in [-0.39, 0.29) is 5.91 Å². The average molecular weight is 541 g/mol. The number of hydrogen-bond donors (Lipinski definition) is 1. The molecule has 6 heteroatoms. The van der Waals surface area contributed by atoms with Crippen molar-refractivity contribution in [1.29, 1.82) is 0 Å². The maximum absolute atomic E-state index is 10.6. The quantitative estimate of drug-likeness (QED) is 0.486. The van der Waals surface area contributed by atoms with Gasteiger partial charge < -0.3 is 0 Å². The molecule has 0 aliphatic carbocycles. The molecule has 1 heterocycles. The molecular weight excluding hydrogens is 537 g/mol. The fraction of sp³-hybridized carbons (Fsp3) is 0.200. The van der Waals surface area contributed by atoms with Crippen molar-refractivity contribution >= 4 is 28.0 Å². The van der Waals surface area contributed by atoms with Gasteiger partial charge in [-0.2, -0.15) is 0 Å². The summed E-state index contributed by atoms with van der Waals surface area (Å²) in [4.78, 5) is 14.9. The van der Waals surface area contributed by atoms with Crippen LogP contribution in [0.2, 0.25) is 0 Å². The Morgan fingerprint density at radius 1 is 1.64 bits per heavy atom. The van der Waals surface area contributed by atoms with Crippen molar-refractivity contribution in [2.75, 3.05) is 5.32 Å². The molecule has 0 atom stereocenters. The second-order valence-corrected chi connectivity index (χ2v) is 10.5. The Morgan fingerprint density at radius 3 is 2.64 bits per heavy atom. The van der Waals surface area contributed by atoms with Crippen LogP contribution in [0.15, 0.2) is 0 Å². The fourth-order valence-corrected chi connectivity index (χ4v) is 5.14. The minimum absolute atomic E-state index is 0.0274. The van der Waals surface area contributed by atoms with Crippen LogP contribution < -0.4 is 10.9 Å². The first-order valence-corrected chi connectivity index (χ1v) is 9.33. The van der Waals surface area contributed by atoms with E-state index < -0.39 is 0 Å². The Kier molecular flexibility index (Phi) is 3.91. The first kappa shape index (κ1) is 10.1. The molecule has 1 aromatic rings. The van der Waals surface area contributed by atoms with Crippen LogP contribution in [-0.4, -0.2) is 10.9 Å². The third-order valence-electron chi connectivity index (χ3n) is 1.06. The van der Waals surface area contributed by atoms with Gasteiger partial charge in [0.15, 0.2) is 0 Å². The van der Waals surface area contributed by atoms with Crippen LogP contribution >= 0.6 is 11.3 Å². The van der Waals surface area contributed by atoms with Crippen molar-refractivity contribution in [2.45, 2.75) is 6.92 Å². The van der Waals surface area contributed by atoms with Gasteiger partial charge in [0.1, 0.15) is 0 Å². The van der Waals surface area contributed by atoms with Gasteiger partial charge in [0.2, 0.25) is 0 Å². The number of aromatic nitrogens is 1. The Hall–Kier alpha value is 0.970. The summed E-state index contributed by atoms with van der Waals surface area (Å²) in [6.07, 6.45) is 0. The standard InChI is InChI=1S/C5H4N2OS.2Hg/c1-4(8)7-5-6-2-3-9-5;;/h1H3,(H,6,7,8);;. The second-order valence-electron chi connectivity index (χ2n) is 2.07. The summed E-state index contributed by atoms with van der Waals surface area (Å²) in [5.74, 6) is -0.0274. The molecule has 0 fully saturated rings. The predicted molar refractivity (Wildman–Crippen MR) is 35.7 cm³/mol. The maximum atomic E-state index is 10.6. The van der Waals surface area contributed by atoms with Gasteiger partial charge in [0, 0.05) is 0 Å². The molecule has 0 aliphatic rings. The Morgan fingerprint density at radius 2 is 2.27 bits per heavy atom. The number of nitrogens with zero attached hydrogens (tertiary/aromatic N) is 1. The van der Waals surface area contributed by atoms with Crippen LogP contribution in [0.1, 0.15) is 6.92 Å². The number of carbonyl (C=O) groups is 1. The molecule has 3 nitrogen and oxygen atoms in total. The monoisotopic (exact) mass is 544 g/mol. The average Bonchev–Trinajstić information content (AvgIpc) is 2.10. The topological polar surface area (TPSA) is 42.0 Å². The number of nitrogens with one attached hydrogen (secondary N) is 1. The normalized spacial score (nSPS) is 9.91. The Balaban J connectivity index is 2.81. The van der Waals surface area contributed by atoms with E-state index in [1.54, 1.807) is 11.3 Å². The van der Waals surface area contributed by atoms with Crippen molar-refractivity contribution in [3.05, 3.63) is 0 Å². The third-order valence-corrected chi connectivity index (χ3v) is 16.0. The van der Waals surface area contributed by atoms with E-state index in [4.69, 9.17) is 0 Å². The van der Waals surface area contributed by atoms with E-state index in [0.717, 1.165) is 5.13 Å². The molecule has 0 spiro atoms. The number of thiazole rings is 1. The summed E-state index contributed by atoms with van der Waals surface area (Å²) < 4.78 is 2.69. The molecule has 0 unspecified atom stereocenters. The zero-order chi connectivity index (χ0) is 8.43. The van der Waals surface area contributed by atoms with Gasteiger partial charge in [-0.1, -0.05) is 0 Å². The van der Waals surface area contributed by atoms with Crippen molar-refractivity contribution in [2.24, 2.45) is 0 Å². The Labute approximate surface area is 101 Å². The summed E-state index contributed by atoms with van der Waals surface area (Å²) in [6, 6.07) is 0. The zero-order valence-electron chi connectivity index (χ0n) is 6.18. The first-order chi connectivity index (χ1) is 5.09. The molecule has 0 saturated carbocycles. The van der Waals surface area contributed by atoms with Gasteiger partial charge in [-0.05, 0) is 0 Å². The summed E-state index contributed by atoms with van der Waals surface area (Å²) in [5.41, 5.74) is 0. The van der Waals surface area contributed by atoms with Gasteiger partial charge in [0.25, 0.3) is 0 Å². The summed E-state index contributed by atoms with van der Waals surface area (Å²) in [5, 5.41) is 3.48. The van der Waals surface area contributed by atoms with Gasteiger partial charge in [-0.25, -0.2) is 0 Å². The zero-order valence-corrected chi connectivity index (χ0v) is 18.0. The first-order valence-electron chi connectivity index (χ1n) is 3.02. The molecule has 0 bridgehead atoms. The number of carbonyl (C=O) groups excluding carboxylic acids is 1. The molecule has 0 aliphatic heterocycles. The van der Waals surface area contributed by atoms with Gasteiger partial charge >= 0.3 is 102 Å². The summed E-state index contributed by atoms with van der Waals surface area (Å²) in [7, 11) is 0. The fourth-order valence-electron chi connectivity index (χ4n) is 0.587. The van der Waals surface area contributed by atoms with Crippen molar-refractivity contribution in [3.63, 3.8) is 0 Å². The Bertz CT molecular complexity index is 267. The summed E-state index contributed by atoms with van der Waals surface area (Å²) >= 11 is 2.89. The van der Waals surface area contributed by atoms with Crippen molar-refractivity contribution in [3.8, 4) is 0 Å². The van der Waals surface area contributed by atoms with Crippen LogP contribution in [0.25, 0.3) is 0 Å². The van der Waals surface area contributed by atoms with Gasteiger partial charge in [-0.15, -0.1) is 0 Å². The molecule has 1 rings (SSSR count). The SMILES string of the molecule is CC(=O)Nc1n[c]([Hg])[c]([Hg])s1. The van der Waals surface area contributed by atoms with Crippen LogP contribution in [0.5, 0.6) is 0 Å². The van der Waals surface area contributed by atoms with Crippen LogP contribution in [0, 0.1) is 0 Å². The number of anilines is 1. The van der Waals surface area contributed by atoms with E-state index in [9.17, 15) is 4.79 Å². The number of amides is 1. The predicted octanol–water partition coefficient (Wildman–Crippen LogP) is -0.554. The molecular formula is C5H4Hg2N2OS. The molecule has 1 amide bonds. The second kappa shape index (κ2) is 4.28. The van der Waals surface area contributed by atoms with E-state index in [1.165, 1.54) is 12.5 Å². The third kappa shape index (κ3) is 3.07. The number of rotatable bonds is 1. The van der Waals surface area contributed by atoms with E-state index in [0.29, 0.717) is 52.2 Å². The van der Waals surface area contributed by atoms with E-state index in [2.05, 4.69) is 10.3 Å². The molecule has 50 valence electrons. The van der Waals surface area contributed by atoms with Crippen LogP contribution in [-0.2, 0) is 57.0 Å². The van der Waals surface area contributed by atoms with Crippen molar-refractivity contribution in [1.82, 2.24) is 4.98 Å². The number of hydrogen-bond acceptors (Lipinski definition) is 3. The molecule has 0 saturated heterocycles. The minimum atomic E-state index is -0.0274. The molecule has 1 aromatic heterocycles. The van der Waals surface area contributed by atoms with Gasteiger partial charge in [0.05, 0.1) is 0 Å². The molecule has 11 heavy (non-hydrogen) atoms. The molecule has 0 radical (unpaired) electrons. The van der Waals surface area contributed by atoms with Crippen LogP contribution in [0.4, 0.5) is 5.13 Å². The van der Waals surface area contributed by atoms with E-state index >= 15 is 0 Å². The van der Waals surface area contributed by atoms with Crippen molar-refractivity contribution < 1.29 is 57.0 Å².